The van der Waals surface area contributed by atoms with Gasteiger partial charge in [0.15, 0.2) is 33.3 Å². The maximum Gasteiger partial charge on any atom is 0.469 e. The lowest BCUT2D eigenvalue weighted by Crippen LogP contribution is -2.65. The molecule has 0 fully saturated rings. The molecule has 0 rings (SSSR count). The summed E-state index contributed by atoms with van der Waals surface area (Å²) in [7, 11) is -8.81. The SMILES string of the molecule is CO[Si](C)(C)CCCCCCCCCCCC[Si](O[Si](C)(C)C(C)(C)C)(O[Si](C)(C)C(C)(C)C)O[Si](C)(C)C(C)(C)C. The summed E-state index contributed by atoms with van der Waals surface area (Å²) in [5.74, 6) is 0. The maximum absolute atomic E-state index is 7.47. The molecule has 0 aromatic rings. The van der Waals surface area contributed by atoms with E-state index in [1.165, 1.54) is 63.8 Å². The topological polar surface area (TPSA) is 36.9 Å². The monoisotopic (exact) mass is 678 g/mol. The summed E-state index contributed by atoms with van der Waals surface area (Å²) in [6, 6.07) is 2.26. The van der Waals surface area contributed by atoms with Crippen LogP contribution in [0.2, 0.25) is 79.6 Å². The van der Waals surface area contributed by atoms with Gasteiger partial charge in [-0.15, -0.1) is 0 Å². The fraction of sp³-hybridized carbons (Fsp3) is 1.00. The number of rotatable bonds is 20. The Balaban J connectivity index is 5.46. The van der Waals surface area contributed by atoms with Crippen LogP contribution < -0.4 is 0 Å². The van der Waals surface area contributed by atoms with E-state index < -0.39 is 42.1 Å². The molecule has 0 amide bonds. The van der Waals surface area contributed by atoms with Gasteiger partial charge in [-0.05, 0) is 80.0 Å². The lowest BCUT2D eigenvalue weighted by molar-refractivity contribution is 0.227. The average molecular weight is 679 g/mol. The van der Waals surface area contributed by atoms with E-state index in [1.54, 1.807) is 0 Å². The van der Waals surface area contributed by atoms with Gasteiger partial charge in [-0.3, -0.25) is 0 Å². The van der Waals surface area contributed by atoms with Crippen LogP contribution in [-0.2, 0) is 16.8 Å². The molecule has 4 nitrogen and oxygen atoms in total. The summed E-state index contributed by atoms with van der Waals surface area (Å²) in [4.78, 5) is 0. The molecule has 0 aliphatic rings. The standard InChI is InChI=1S/C33H78O4Si5/c1-31(2,3)39(13,14)35-42(36-40(15,16)32(4,5)6,37-41(17,18)33(7,8)9)30-28-26-24-22-20-19-21-23-25-27-29-38(11,12)34-10/h19-30H2,1-18H3. The fourth-order valence-corrected chi connectivity index (χ4v) is 22.1. The lowest BCUT2D eigenvalue weighted by Gasteiger charge is -2.52. The largest absolute Gasteiger partial charge is 0.469 e. The van der Waals surface area contributed by atoms with Gasteiger partial charge in [-0.2, -0.15) is 0 Å². The second-order valence-corrected chi connectivity index (χ2v) is 40.6. The molecular weight excluding hydrogens is 601 g/mol. The van der Waals surface area contributed by atoms with Crippen molar-refractivity contribution in [1.82, 2.24) is 0 Å². The molecule has 254 valence electrons. The Bertz CT molecular complexity index is 693. The average Bonchev–Trinajstić information content (AvgIpc) is 2.76. The van der Waals surface area contributed by atoms with Crippen molar-refractivity contribution in [3.63, 3.8) is 0 Å². The normalized spacial score (nSPS) is 15.0. The summed E-state index contributed by atoms with van der Waals surface area (Å²) in [6.07, 6.45) is 13.2. The van der Waals surface area contributed by atoms with Crippen molar-refractivity contribution >= 4 is 42.1 Å². The van der Waals surface area contributed by atoms with Crippen LogP contribution in [0, 0.1) is 0 Å². The first-order valence-corrected chi connectivity index (χ1v) is 31.1. The summed E-state index contributed by atoms with van der Waals surface area (Å²) in [5.41, 5.74) is 0. The van der Waals surface area contributed by atoms with E-state index in [2.05, 4.69) is 115 Å². The molecule has 0 N–H and O–H groups in total. The first-order valence-electron chi connectivity index (χ1n) is 17.3. The molecule has 9 heteroatoms. The summed E-state index contributed by atoms with van der Waals surface area (Å²) < 4.78 is 28.1. The molecule has 0 spiro atoms. The first kappa shape index (κ1) is 42.9. The van der Waals surface area contributed by atoms with Gasteiger partial charge in [0.25, 0.3) is 0 Å². The molecule has 42 heavy (non-hydrogen) atoms. The van der Waals surface area contributed by atoms with Gasteiger partial charge in [0.1, 0.15) is 0 Å². The molecule has 0 aromatic carbocycles. The molecule has 0 saturated carbocycles. The van der Waals surface area contributed by atoms with Crippen molar-refractivity contribution < 1.29 is 16.8 Å². The van der Waals surface area contributed by atoms with E-state index in [-0.39, 0.29) is 15.1 Å². The smallest absolute Gasteiger partial charge is 0.420 e. The van der Waals surface area contributed by atoms with Crippen LogP contribution in [0.25, 0.3) is 0 Å². The van der Waals surface area contributed by atoms with E-state index in [4.69, 9.17) is 16.8 Å². The number of unbranched alkanes of at least 4 members (excludes halogenated alkanes) is 9. The van der Waals surface area contributed by atoms with Crippen molar-refractivity contribution in [3.05, 3.63) is 0 Å². The molecule has 0 heterocycles. The molecule has 0 radical (unpaired) electrons. The second kappa shape index (κ2) is 16.7. The van der Waals surface area contributed by atoms with E-state index in [0.29, 0.717) is 0 Å². The van der Waals surface area contributed by atoms with Gasteiger partial charge in [0.05, 0.1) is 0 Å². The highest BCUT2D eigenvalue weighted by atomic mass is 28.5. The van der Waals surface area contributed by atoms with E-state index >= 15 is 0 Å². The van der Waals surface area contributed by atoms with Gasteiger partial charge in [0, 0.05) is 13.2 Å². The second-order valence-electron chi connectivity index (χ2n) is 18.3. The summed E-state index contributed by atoms with van der Waals surface area (Å²) >= 11 is 0. The third-order valence-electron chi connectivity index (χ3n) is 10.7. The highest BCUT2D eigenvalue weighted by Gasteiger charge is 2.57. The van der Waals surface area contributed by atoms with Crippen LogP contribution in [0.5, 0.6) is 0 Å². The van der Waals surface area contributed by atoms with Crippen molar-refractivity contribution in [2.24, 2.45) is 0 Å². The van der Waals surface area contributed by atoms with Crippen LogP contribution in [0.4, 0.5) is 0 Å². The predicted molar refractivity (Wildman–Crippen MR) is 201 cm³/mol. The molecular formula is C33H78O4Si5. The third-order valence-corrected chi connectivity index (χ3v) is 35.0. The van der Waals surface area contributed by atoms with Crippen molar-refractivity contribution in [2.45, 2.75) is 206 Å². The fourth-order valence-electron chi connectivity index (χ4n) is 4.25. The summed E-state index contributed by atoms with van der Waals surface area (Å²) in [5, 5.41) is 0.336. The molecule has 0 atom stereocenters. The van der Waals surface area contributed by atoms with Gasteiger partial charge >= 0.3 is 8.80 Å². The molecule has 0 aliphatic carbocycles. The zero-order valence-corrected chi connectivity index (χ0v) is 37.1. The van der Waals surface area contributed by atoms with Crippen LogP contribution in [-0.4, -0.2) is 49.2 Å². The van der Waals surface area contributed by atoms with Gasteiger partial charge < -0.3 is 16.8 Å². The van der Waals surface area contributed by atoms with Crippen LogP contribution in [0.1, 0.15) is 127 Å². The molecule has 0 aromatic heterocycles. The van der Waals surface area contributed by atoms with E-state index in [9.17, 15) is 0 Å². The van der Waals surface area contributed by atoms with Gasteiger partial charge in [-0.25, -0.2) is 0 Å². The zero-order valence-electron chi connectivity index (χ0n) is 32.1. The Labute approximate surface area is 271 Å². The van der Waals surface area contributed by atoms with Crippen LogP contribution in [0.15, 0.2) is 0 Å². The van der Waals surface area contributed by atoms with Crippen LogP contribution >= 0.6 is 0 Å². The Morgan fingerprint density at radius 2 is 0.619 bits per heavy atom. The Morgan fingerprint density at radius 3 is 0.857 bits per heavy atom. The maximum atomic E-state index is 7.47. The molecule has 0 aliphatic heterocycles. The number of hydrogen-bond acceptors (Lipinski definition) is 4. The van der Waals surface area contributed by atoms with Gasteiger partial charge in [0.2, 0.25) is 0 Å². The van der Waals surface area contributed by atoms with Crippen molar-refractivity contribution in [2.75, 3.05) is 7.11 Å². The Kier molecular flexibility index (Phi) is 17.0. The van der Waals surface area contributed by atoms with Crippen molar-refractivity contribution in [1.29, 1.82) is 0 Å². The van der Waals surface area contributed by atoms with E-state index in [1.807, 2.05) is 7.11 Å². The van der Waals surface area contributed by atoms with Gasteiger partial charge in [-0.1, -0.05) is 120 Å². The quantitative estimate of drug-likeness (QED) is 0.0948. The predicted octanol–water partition coefficient (Wildman–Crippen LogP) is 12.7. The minimum atomic E-state index is -2.96. The highest BCUT2D eigenvalue weighted by Crippen LogP contribution is 2.47. The van der Waals surface area contributed by atoms with Crippen LogP contribution in [0.3, 0.4) is 0 Å². The van der Waals surface area contributed by atoms with E-state index in [0.717, 1.165) is 12.5 Å². The Morgan fingerprint density at radius 1 is 0.381 bits per heavy atom. The summed E-state index contributed by atoms with van der Waals surface area (Å²) in [6.45, 7) is 40.1. The minimum Gasteiger partial charge on any atom is -0.420 e. The zero-order chi connectivity index (χ0) is 33.3. The molecule has 0 unspecified atom stereocenters. The molecule has 0 saturated heterocycles. The lowest BCUT2D eigenvalue weighted by atomic mass is 10.1. The third kappa shape index (κ3) is 15.0. The number of hydrogen-bond donors (Lipinski definition) is 0. The highest BCUT2D eigenvalue weighted by molar-refractivity contribution is 6.92. The molecule has 0 bridgehead atoms. The Hall–Kier alpha value is 0.924. The van der Waals surface area contributed by atoms with Crippen molar-refractivity contribution in [3.8, 4) is 0 Å². The minimum absolute atomic E-state index is 0.112. The first-order chi connectivity index (χ1) is 18.6.